The molecule has 1 aromatic carbocycles. The van der Waals surface area contributed by atoms with Crippen LogP contribution in [0, 0.1) is 11.6 Å². The molecule has 1 unspecified atom stereocenters. The second-order valence-corrected chi connectivity index (χ2v) is 5.57. The summed E-state index contributed by atoms with van der Waals surface area (Å²) < 4.78 is 25.9. The fourth-order valence-corrected chi connectivity index (χ4v) is 1.61. The SMILES string of the molecule is CC(NCC(=O)NC(C)(C)C)c1ccc(F)c(F)c1. The fourth-order valence-electron chi connectivity index (χ4n) is 1.61. The van der Waals surface area contributed by atoms with Gasteiger partial charge in [0.05, 0.1) is 6.54 Å². The predicted molar refractivity (Wildman–Crippen MR) is 70.7 cm³/mol. The topological polar surface area (TPSA) is 41.1 Å². The lowest BCUT2D eigenvalue weighted by atomic mass is 10.1. The minimum Gasteiger partial charge on any atom is -0.350 e. The van der Waals surface area contributed by atoms with E-state index in [1.54, 1.807) is 6.92 Å². The molecule has 0 aliphatic carbocycles. The Kier molecular flexibility index (Phi) is 5.00. The molecule has 0 aromatic heterocycles. The monoisotopic (exact) mass is 270 g/mol. The van der Waals surface area contributed by atoms with Crippen LogP contribution in [-0.4, -0.2) is 18.0 Å². The van der Waals surface area contributed by atoms with Gasteiger partial charge in [0.2, 0.25) is 5.91 Å². The molecule has 3 nitrogen and oxygen atoms in total. The smallest absolute Gasteiger partial charge is 0.234 e. The van der Waals surface area contributed by atoms with E-state index < -0.39 is 11.6 Å². The molecule has 1 amide bonds. The van der Waals surface area contributed by atoms with E-state index in [2.05, 4.69) is 10.6 Å². The minimum atomic E-state index is -0.884. The normalized spacial score (nSPS) is 13.2. The summed E-state index contributed by atoms with van der Waals surface area (Å²) in [5.41, 5.74) is 0.312. The zero-order valence-electron chi connectivity index (χ0n) is 11.7. The summed E-state index contributed by atoms with van der Waals surface area (Å²) in [5.74, 6) is -1.89. The predicted octanol–water partition coefficient (Wildman–Crippen LogP) is 2.53. The molecule has 2 N–H and O–H groups in total. The highest BCUT2D eigenvalue weighted by Crippen LogP contribution is 2.15. The molecule has 0 aliphatic rings. The summed E-state index contributed by atoms with van der Waals surface area (Å²) in [6, 6.07) is 3.48. The highest BCUT2D eigenvalue weighted by Gasteiger charge is 2.15. The number of rotatable bonds is 4. The Bertz CT molecular complexity index is 455. The first kappa shape index (κ1) is 15.6. The first-order valence-electron chi connectivity index (χ1n) is 6.18. The zero-order valence-corrected chi connectivity index (χ0v) is 11.7. The van der Waals surface area contributed by atoms with Crippen LogP contribution in [0.1, 0.15) is 39.3 Å². The molecular weight excluding hydrogens is 250 g/mol. The Hall–Kier alpha value is -1.49. The maximum Gasteiger partial charge on any atom is 0.234 e. The summed E-state index contributed by atoms with van der Waals surface area (Å²) in [4.78, 5) is 11.6. The number of halogens is 2. The number of carbonyl (C=O) groups excluding carboxylic acids is 1. The Balaban J connectivity index is 2.53. The van der Waals surface area contributed by atoms with Crippen molar-refractivity contribution in [2.24, 2.45) is 0 Å². The third-order valence-electron chi connectivity index (χ3n) is 2.53. The standard InChI is InChI=1S/C14H20F2N2O/c1-9(10-5-6-11(15)12(16)7-10)17-8-13(19)18-14(2,3)4/h5-7,9,17H,8H2,1-4H3,(H,18,19). The van der Waals surface area contributed by atoms with Gasteiger partial charge in [-0.15, -0.1) is 0 Å². The number of amides is 1. The lowest BCUT2D eigenvalue weighted by Gasteiger charge is -2.21. The maximum atomic E-state index is 13.1. The Labute approximate surface area is 112 Å². The van der Waals surface area contributed by atoms with Crippen molar-refractivity contribution < 1.29 is 13.6 Å². The molecule has 106 valence electrons. The van der Waals surface area contributed by atoms with E-state index in [1.165, 1.54) is 6.07 Å². The van der Waals surface area contributed by atoms with Crippen LogP contribution in [0.2, 0.25) is 0 Å². The summed E-state index contributed by atoms with van der Waals surface area (Å²) in [5, 5.41) is 5.78. The summed E-state index contributed by atoms with van der Waals surface area (Å²) in [6.45, 7) is 7.59. The van der Waals surface area contributed by atoms with Gasteiger partial charge in [0.1, 0.15) is 0 Å². The van der Waals surface area contributed by atoms with Gasteiger partial charge in [-0.1, -0.05) is 6.07 Å². The summed E-state index contributed by atoms with van der Waals surface area (Å²) >= 11 is 0. The van der Waals surface area contributed by atoms with Gasteiger partial charge >= 0.3 is 0 Å². The van der Waals surface area contributed by atoms with Crippen molar-refractivity contribution in [2.45, 2.75) is 39.3 Å². The molecule has 0 heterocycles. The largest absolute Gasteiger partial charge is 0.350 e. The third kappa shape index (κ3) is 5.34. The van der Waals surface area contributed by atoms with Crippen molar-refractivity contribution >= 4 is 5.91 Å². The van der Waals surface area contributed by atoms with Gasteiger partial charge < -0.3 is 10.6 Å². The summed E-state index contributed by atoms with van der Waals surface area (Å²) in [7, 11) is 0. The van der Waals surface area contributed by atoms with Crippen LogP contribution >= 0.6 is 0 Å². The highest BCUT2D eigenvalue weighted by atomic mass is 19.2. The minimum absolute atomic E-state index is 0.122. The molecule has 0 aliphatic heterocycles. The van der Waals surface area contributed by atoms with Gasteiger partial charge in [0.25, 0.3) is 0 Å². The maximum absolute atomic E-state index is 13.1. The quantitative estimate of drug-likeness (QED) is 0.882. The second kappa shape index (κ2) is 6.10. The molecule has 19 heavy (non-hydrogen) atoms. The molecule has 1 rings (SSSR count). The van der Waals surface area contributed by atoms with E-state index in [9.17, 15) is 13.6 Å². The lowest BCUT2D eigenvalue weighted by Crippen LogP contribution is -2.45. The molecule has 0 bridgehead atoms. The van der Waals surface area contributed by atoms with Crippen LogP contribution in [-0.2, 0) is 4.79 Å². The van der Waals surface area contributed by atoms with E-state index in [4.69, 9.17) is 0 Å². The van der Waals surface area contributed by atoms with Crippen molar-refractivity contribution in [3.8, 4) is 0 Å². The van der Waals surface area contributed by atoms with Crippen molar-refractivity contribution in [2.75, 3.05) is 6.54 Å². The van der Waals surface area contributed by atoms with Crippen molar-refractivity contribution in [1.29, 1.82) is 0 Å². The van der Waals surface area contributed by atoms with E-state index in [0.29, 0.717) is 5.56 Å². The third-order valence-corrected chi connectivity index (χ3v) is 2.53. The van der Waals surface area contributed by atoms with Crippen molar-refractivity contribution in [3.63, 3.8) is 0 Å². The van der Waals surface area contributed by atoms with Gasteiger partial charge in [-0.2, -0.15) is 0 Å². The van der Waals surface area contributed by atoms with Crippen LogP contribution < -0.4 is 10.6 Å². The molecule has 0 saturated carbocycles. The van der Waals surface area contributed by atoms with Crippen molar-refractivity contribution in [3.05, 3.63) is 35.4 Å². The zero-order chi connectivity index (χ0) is 14.6. The Morgan fingerprint density at radius 2 is 1.89 bits per heavy atom. The number of benzene rings is 1. The van der Waals surface area contributed by atoms with Gasteiger partial charge in [0, 0.05) is 11.6 Å². The lowest BCUT2D eigenvalue weighted by molar-refractivity contribution is -0.121. The van der Waals surface area contributed by atoms with Gasteiger partial charge in [-0.3, -0.25) is 4.79 Å². The van der Waals surface area contributed by atoms with Crippen LogP contribution in [0.5, 0.6) is 0 Å². The molecule has 0 spiro atoms. The van der Waals surface area contributed by atoms with E-state index >= 15 is 0 Å². The fraction of sp³-hybridized carbons (Fsp3) is 0.500. The highest BCUT2D eigenvalue weighted by molar-refractivity contribution is 5.78. The van der Waals surface area contributed by atoms with Gasteiger partial charge in [-0.25, -0.2) is 8.78 Å². The van der Waals surface area contributed by atoms with Gasteiger partial charge in [0.15, 0.2) is 11.6 Å². The van der Waals surface area contributed by atoms with Crippen LogP contribution in [0.15, 0.2) is 18.2 Å². The number of hydrogen-bond acceptors (Lipinski definition) is 2. The number of nitrogens with one attached hydrogen (secondary N) is 2. The Morgan fingerprint density at radius 1 is 1.26 bits per heavy atom. The summed E-state index contributed by atoms with van der Waals surface area (Å²) in [6.07, 6.45) is 0. The average Bonchev–Trinajstić information content (AvgIpc) is 2.27. The molecule has 5 heteroatoms. The van der Waals surface area contributed by atoms with Crippen LogP contribution in [0.4, 0.5) is 8.78 Å². The van der Waals surface area contributed by atoms with E-state index in [0.717, 1.165) is 12.1 Å². The van der Waals surface area contributed by atoms with Crippen LogP contribution in [0.25, 0.3) is 0 Å². The molecule has 0 fully saturated rings. The van der Waals surface area contributed by atoms with Crippen LogP contribution in [0.3, 0.4) is 0 Å². The van der Waals surface area contributed by atoms with E-state index in [1.807, 2.05) is 20.8 Å². The molecule has 0 radical (unpaired) electrons. The van der Waals surface area contributed by atoms with Gasteiger partial charge in [-0.05, 0) is 45.4 Å². The average molecular weight is 270 g/mol. The molecule has 1 aromatic rings. The number of carbonyl (C=O) groups is 1. The van der Waals surface area contributed by atoms with Crippen molar-refractivity contribution in [1.82, 2.24) is 10.6 Å². The molecular formula is C14H20F2N2O. The Morgan fingerprint density at radius 3 is 2.42 bits per heavy atom. The van der Waals surface area contributed by atoms with E-state index in [-0.39, 0.29) is 24.0 Å². The molecule has 0 saturated heterocycles. The second-order valence-electron chi connectivity index (χ2n) is 5.57. The first-order valence-corrected chi connectivity index (χ1v) is 6.18. The number of hydrogen-bond donors (Lipinski definition) is 2. The molecule has 1 atom stereocenters. The first-order chi connectivity index (χ1) is 8.69.